The van der Waals surface area contributed by atoms with Crippen molar-refractivity contribution in [2.75, 3.05) is 36.6 Å². The Morgan fingerprint density at radius 1 is 1.12 bits per heavy atom. The van der Waals surface area contributed by atoms with E-state index in [0.717, 1.165) is 12.0 Å². The molecular formula is C22H24ClN7O2. The van der Waals surface area contributed by atoms with Gasteiger partial charge in [-0.25, -0.2) is 9.78 Å². The minimum atomic E-state index is -0.626. The van der Waals surface area contributed by atoms with Crippen molar-refractivity contribution in [1.29, 1.82) is 0 Å². The van der Waals surface area contributed by atoms with Crippen LogP contribution in [-0.4, -0.2) is 47.4 Å². The van der Waals surface area contributed by atoms with Crippen LogP contribution in [0.4, 0.5) is 27.9 Å². The molecule has 0 saturated carbocycles. The second-order valence-corrected chi connectivity index (χ2v) is 7.53. The van der Waals surface area contributed by atoms with Gasteiger partial charge in [0.05, 0.1) is 16.3 Å². The Labute approximate surface area is 191 Å². The molecule has 1 heterocycles. The van der Waals surface area contributed by atoms with E-state index in [-0.39, 0.29) is 17.5 Å². The summed E-state index contributed by atoms with van der Waals surface area (Å²) in [5.74, 6) is -0.0376. The van der Waals surface area contributed by atoms with Gasteiger partial charge in [-0.05, 0) is 30.2 Å². The zero-order valence-corrected chi connectivity index (χ0v) is 18.5. The molecule has 0 bridgehead atoms. The summed E-state index contributed by atoms with van der Waals surface area (Å²) < 4.78 is 0. The van der Waals surface area contributed by atoms with Crippen LogP contribution in [0.15, 0.2) is 54.7 Å². The normalized spacial score (nSPS) is 10.3. The second-order valence-electron chi connectivity index (χ2n) is 7.13. The lowest BCUT2D eigenvalue weighted by Gasteiger charge is -2.15. The van der Waals surface area contributed by atoms with Gasteiger partial charge in [0.15, 0.2) is 0 Å². The van der Waals surface area contributed by atoms with Crippen LogP contribution in [0.2, 0.25) is 5.02 Å². The molecule has 32 heavy (non-hydrogen) atoms. The second kappa shape index (κ2) is 10.5. The van der Waals surface area contributed by atoms with E-state index in [2.05, 4.69) is 25.9 Å². The first-order chi connectivity index (χ1) is 15.3. The maximum absolute atomic E-state index is 11.9. The van der Waals surface area contributed by atoms with Crippen molar-refractivity contribution in [3.05, 3.63) is 70.9 Å². The van der Waals surface area contributed by atoms with Gasteiger partial charge in [0.2, 0.25) is 5.95 Å². The van der Waals surface area contributed by atoms with Gasteiger partial charge in [0.25, 0.3) is 5.91 Å². The third-order valence-corrected chi connectivity index (χ3v) is 4.80. The molecule has 0 aliphatic heterocycles. The number of carbonyl (C=O) groups is 2. The summed E-state index contributed by atoms with van der Waals surface area (Å²) >= 11 is 6.18. The fraction of sp³-hybridized carbons (Fsp3) is 0.182. The van der Waals surface area contributed by atoms with Crippen molar-refractivity contribution in [1.82, 2.24) is 14.9 Å². The number of urea groups is 1. The van der Waals surface area contributed by atoms with Crippen LogP contribution < -0.4 is 21.7 Å². The van der Waals surface area contributed by atoms with E-state index in [0.29, 0.717) is 28.8 Å². The number of aromatic nitrogens is 2. The van der Waals surface area contributed by atoms with Gasteiger partial charge in [0, 0.05) is 32.5 Å². The number of hydrogen-bond acceptors (Lipinski definition) is 6. The lowest BCUT2D eigenvalue weighted by Crippen LogP contribution is -2.27. The Kier molecular flexibility index (Phi) is 7.45. The zero-order chi connectivity index (χ0) is 23.1. The van der Waals surface area contributed by atoms with Crippen LogP contribution in [0.5, 0.6) is 0 Å². The molecule has 166 valence electrons. The topological polar surface area (TPSA) is 125 Å². The quantitative estimate of drug-likeness (QED) is 0.412. The number of benzene rings is 2. The van der Waals surface area contributed by atoms with Crippen molar-refractivity contribution in [3.63, 3.8) is 0 Å². The third-order valence-electron chi connectivity index (χ3n) is 4.47. The third kappa shape index (κ3) is 6.08. The Morgan fingerprint density at radius 2 is 1.88 bits per heavy atom. The molecule has 3 rings (SSSR count). The summed E-state index contributed by atoms with van der Waals surface area (Å²) in [6, 6.07) is 14.7. The molecule has 0 unspecified atom stereocenters. The molecule has 0 aliphatic rings. The summed E-state index contributed by atoms with van der Waals surface area (Å²) in [7, 11) is 3.26. The number of halogens is 1. The van der Waals surface area contributed by atoms with Crippen LogP contribution in [0.1, 0.15) is 15.9 Å². The standard InChI is InChI=1S/C22H24ClN7O2/c1-30(2)22(32)28-18-12-15(8-9-17(18)23)27-21-26-13-16(19(24)31)20(29-21)25-11-10-14-6-4-3-5-7-14/h3-9,12-13H,10-11H2,1-2H3,(H2,24,31)(H,28,32)(H2,25,26,27,29). The van der Waals surface area contributed by atoms with E-state index in [9.17, 15) is 9.59 Å². The van der Waals surface area contributed by atoms with E-state index in [1.807, 2.05) is 30.3 Å². The first kappa shape index (κ1) is 22.8. The average Bonchev–Trinajstić information content (AvgIpc) is 2.76. The fourth-order valence-electron chi connectivity index (χ4n) is 2.78. The van der Waals surface area contributed by atoms with Crippen molar-refractivity contribution < 1.29 is 9.59 Å². The first-order valence-corrected chi connectivity index (χ1v) is 10.2. The highest BCUT2D eigenvalue weighted by molar-refractivity contribution is 6.33. The monoisotopic (exact) mass is 453 g/mol. The summed E-state index contributed by atoms with van der Waals surface area (Å²) in [5.41, 5.74) is 7.85. The number of rotatable bonds is 8. The van der Waals surface area contributed by atoms with Crippen LogP contribution in [-0.2, 0) is 6.42 Å². The van der Waals surface area contributed by atoms with Crippen LogP contribution in [0.25, 0.3) is 0 Å². The van der Waals surface area contributed by atoms with Crippen molar-refractivity contribution in [3.8, 4) is 0 Å². The number of hydrogen-bond donors (Lipinski definition) is 4. The molecule has 3 aromatic rings. The lowest BCUT2D eigenvalue weighted by atomic mass is 10.1. The van der Waals surface area contributed by atoms with Crippen LogP contribution in [0, 0.1) is 0 Å². The van der Waals surface area contributed by atoms with Crippen molar-refractivity contribution >= 4 is 46.7 Å². The van der Waals surface area contributed by atoms with E-state index in [4.69, 9.17) is 17.3 Å². The smallest absolute Gasteiger partial charge is 0.321 e. The number of nitrogens with two attached hydrogens (primary N) is 1. The molecule has 1 aromatic heterocycles. The predicted molar refractivity (Wildman–Crippen MR) is 127 cm³/mol. The van der Waals surface area contributed by atoms with Gasteiger partial charge in [-0.3, -0.25) is 4.79 Å². The van der Waals surface area contributed by atoms with E-state index < -0.39 is 5.91 Å². The maximum atomic E-state index is 11.9. The molecule has 0 spiro atoms. The Bertz CT molecular complexity index is 1110. The number of carbonyl (C=O) groups excluding carboxylic acids is 2. The number of anilines is 4. The summed E-state index contributed by atoms with van der Waals surface area (Å²) in [5, 5.41) is 9.31. The largest absolute Gasteiger partial charge is 0.369 e. The van der Waals surface area contributed by atoms with E-state index >= 15 is 0 Å². The molecule has 2 aromatic carbocycles. The molecule has 0 radical (unpaired) electrons. The van der Waals surface area contributed by atoms with Gasteiger partial charge in [-0.2, -0.15) is 4.98 Å². The maximum Gasteiger partial charge on any atom is 0.321 e. The minimum Gasteiger partial charge on any atom is -0.369 e. The Balaban J connectivity index is 1.76. The van der Waals surface area contributed by atoms with Gasteiger partial charge in [0.1, 0.15) is 5.82 Å². The van der Waals surface area contributed by atoms with Gasteiger partial charge in [-0.1, -0.05) is 41.9 Å². The van der Waals surface area contributed by atoms with Gasteiger partial charge < -0.3 is 26.6 Å². The Hall–Kier alpha value is -3.85. The summed E-state index contributed by atoms with van der Waals surface area (Å²) in [6.45, 7) is 0.558. The minimum absolute atomic E-state index is 0.193. The summed E-state index contributed by atoms with van der Waals surface area (Å²) in [4.78, 5) is 33.7. The molecule has 5 N–H and O–H groups in total. The van der Waals surface area contributed by atoms with Crippen molar-refractivity contribution in [2.45, 2.75) is 6.42 Å². The summed E-state index contributed by atoms with van der Waals surface area (Å²) in [6.07, 6.45) is 2.12. The Morgan fingerprint density at radius 3 is 2.56 bits per heavy atom. The molecule has 3 amide bonds. The average molecular weight is 454 g/mol. The fourth-order valence-corrected chi connectivity index (χ4v) is 2.95. The SMILES string of the molecule is CN(C)C(=O)Nc1cc(Nc2ncc(C(N)=O)c(NCCc3ccccc3)n2)ccc1Cl. The molecule has 10 heteroatoms. The molecular weight excluding hydrogens is 430 g/mol. The highest BCUT2D eigenvalue weighted by atomic mass is 35.5. The molecule has 0 atom stereocenters. The molecule has 9 nitrogen and oxygen atoms in total. The molecule has 0 aliphatic carbocycles. The number of nitrogens with zero attached hydrogens (tertiary/aromatic N) is 3. The highest BCUT2D eigenvalue weighted by Gasteiger charge is 2.13. The highest BCUT2D eigenvalue weighted by Crippen LogP contribution is 2.27. The zero-order valence-electron chi connectivity index (χ0n) is 17.7. The van der Waals surface area contributed by atoms with E-state index in [1.54, 1.807) is 32.3 Å². The molecule has 0 fully saturated rings. The van der Waals surface area contributed by atoms with Gasteiger partial charge in [-0.15, -0.1) is 0 Å². The number of nitrogens with one attached hydrogen (secondary N) is 3. The van der Waals surface area contributed by atoms with Crippen molar-refractivity contribution in [2.24, 2.45) is 5.73 Å². The number of primary amides is 1. The lowest BCUT2D eigenvalue weighted by molar-refractivity contribution is 0.100. The van der Waals surface area contributed by atoms with Gasteiger partial charge >= 0.3 is 6.03 Å². The van der Waals surface area contributed by atoms with Crippen LogP contribution in [0.3, 0.4) is 0 Å². The van der Waals surface area contributed by atoms with Crippen LogP contribution >= 0.6 is 11.6 Å². The predicted octanol–water partition coefficient (Wildman–Crippen LogP) is 3.72. The first-order valence-electron chi connectivity index (χ1n) is 9.83. The number of amides is 3. The molecule has 0 saturated heterocycles. The van der Waals surface area contributed by atoms with E-state index in [1.165, 1.54) is 11.1 Å².